The molecular formula is C17H21N3O2S. The second-order valence-corrected chi connectivity index (χ2v) is 6.68. The minimum Gasteiger partial charge on any atom is -0.375 e. The van der Waals surface area contributed by atoms with Crippen LogP contribution >= 0.6 is 11.3 Å². The number of ether oxygens (including phenoxy) is 1. The van der Waals surface area contributed by atoms with E-state index >= 15 is 0 Å². The molecule has 122 valence electrons. The lowest BCUT2D eigenvalue weighted by molar-refractivity contribution is -0.138. The zero-order valence-corrected chi connectivity index (χ0v) is 13.9. The number of carbonyl (C=O) groups excluding carboxylic acids is 1. The molecule has 5 nitrogen and oxygen atoms in total. The Balaban J connectivity index is 1.44. The van der Waals surface area contributed by atoms with Crippen LogP contribution in [0.15, 0.2) is 36.1 Å². The molecule has 0 aromatic carbocycles. The standard InChI is InChI=1S/C17H21N3O2S/c21-17(6-5-16-2-1-11-23-16)20-9-10-22-15(12-20)4-3-14-7-8-18-13-19-14/h1-2,7-8,11,13,15H,3-6,9-10,12H2. The van der Waals surface area contributed by atoms with Gasteiger partial charge in [-0.1, -0.05) is 6.07 Å². The Hall–Kier alpha value is -1.79. The second-order valence-electron chi connectivity index (χ2n) is 5.65. The highest BCUT2D eigenvalue weighted by atomic mass is 32.1. The molecule has 0 aliphatic carbocycles. The summed E-state index contributed by atoms with van der Waals surface area (Å²) in [6.45, 7) is 2.01. The molecule has 3 heterocycles. The zero-order chi connectivity index (χ0) is 15.9. The van der Waals surface area contributed by atoms with Gasteiger partial charge in [0, 0.05) is 36.3 Å². The Morgan fingerprint density at radius 3 is 3.13 bits per heavy atom. The number of thiophene rings is 1. The third-order valence-electron chi connectivity index (χ3n) is 4.02. The maximum absolute atomic E-state index is 12.4. The molecule has 1 aliphatic heterocycles. The first-order valence-electron chi connectivity index (χ1n) is 7.98. The molecule has 1 saturated heterocycles. The van der Waals surface area contributed by atoms with Crippen LogP contribution in [-0.4, -0.2) is 46.6 Å². The van der Waals surface area contributed by atoms with Gasteiger partial charge in [-0.15, -0.1) is 11.3 Å². The van der Waals surface area contributed by atoms with E-state index in [0.717, 1.165) is 25.0 Å². The maximum Gasteiger partial charge on any atom is 0.223 e. The zero-order valence-electron chi connectivity index (χ0n) is 13.1. The Morgan fingerprint density at radius 2 is 2.35 bits per heavy atom. The van der Waals surface area contributed by atoms with Crippen molar-refractivity contribution in [3.05, 3.63) is 46.7 Å². The number of hydrogen-bond donors (Lipinski definition) is 0. The smallest absolute Gasteiger partial charge is 0.223 e. The molecule has 0 radical (unpaired) electrons. The van der Waals surface area contributed by atoms with Gasteiger partial charge in [0.25, 0.3) is 0 Å². The van der Waals surface area contributed by atoms with E-state index in [2.05, 4.69) is 21.4 Å². The van der Waals surface area contributed by atoms with Crippen molar-refractivity contribution in [1.29, 1.82) is 0 Å². The normalized spacial score (nSPS) is 18.1. The molecule has 0 bridgehead atoms. The molecule has 1 aliphatic rings. The monoisotopic (exact) mass is 331 g/mol. The van der Waals surface area contributed by atoms with Crippen molar-refractivity contribution >= 4 is 17.2 Å². The highest BCUT2D eigenvalue weighted by Gasteiger charge is 2.23. The van der Waals surface area contributed by atoms with E-state index in [1.807, 2.05) is 17.0 Å². The van der Waals surface area contributed by atoms with Crippen LogP contribution in [-0.2, 0) is 22.4 Å². The number of morpholine rings is 1. The van der Waals surface area contributed by atoms with Crippen LogP contribution in [0.2, 0.25) is 0 Å². The summed E-state index contributed by atoms with van der Waals surface area (Å²) in [6.07, 6.45) is 6.57. The molecule has 1 amide bonds. The van der Waals surface area contributed by atoms with Gasteiger partial charge in [0.15, 0.2) is 0 Å². The Kier molecular flexibility index (Phi) is 5.71. The van der Waals surface area contributed by atoms with Crippen molar-refractivity contribution in [2.24, 2.45) is 0 Å². The molecule has 6 heteroatoms. The molecule has 0 N–H and O–H groups in total. The van der Waals surface area contributed by atoms with E-state index in [-0.39, 0.29) is 12.0 Å². The fourth-order valence-corrected chi connectivity index (χ4v) is 3.45. The van der Waals surface area contributed by atoms with Gasteiger partial charge in [0.1, 0.15) is 6.33 Å². The molecule has 2 aromatic heterocycles. The molecule has 0 saturated carbocycles. The van der Waals surface area contributed by atoms with E-state index in [0.29, 0.717) is 26.1 Å². The van der Waals surface area contributed by atoms with Crippen molar-refractivity contribution < 1.29 is 9.53 Å². The minimum absolute atomic E-state index is 0.101. The minimum atomic E-state index is 0.101. The van der Waals surface area contributed by atoms with Crippen LogP contribution in [0, 0.1) is 0 Å². The fourth-order valence-electron chi connectivity index (χ4n) is 2.74. The number of carbonyl (C=O) groups is 1. The van der Waals surface area contributed by atoms with Crippen LogP contribution < -0.4 is 0 Å². The summed E-state index contributed by atoms with van der Waals surface area (Å²) < 4.78 is 5.80. The summed E-state index contributed by atoms with van der Waals surface area (Å²) in [7, 11) is 0. The largest absolute Gasteiger partial charge is 0.375 e. The lowest BCUT2D eigenvalue weighted by atomic mass is 10.1. The van der Waals surface area contributed by atoms with Crippen molar-refractivity contribution in [3.8, 4) is 0 Å². The third-order valence-corrected chi connectivity index (χ3v) is 4.96. The van der Waals surface area contributed by atoms with Gasteiger partial charge in [-0.25, -0.2) is 9.97 Å². The highest BCUT2D eigenvalue weighted by Crippen LogP contribution is 2.15. The molecular weight excluding hydrogens is 310 g/mol. The molecule has 2 aromatic rings. The summed E-state index contributed by atoms with van der Waals surface area (Å²) in [5, 5.41) is 2.05. The van der Waals surface area contributed by atoms with Gasteiger partial charge < -0.3 is 9.64 Å². The SMILES string of the molecule is O=C(CCc1cccs1)N1CCOC(CCc2ccncn2)C1. The fraction of sp³-hybridized carbons (Fsp3) is 0.471. The van der Waals surface area contributed by atoms with Gasteiger partial charge in [-0.2, -0.15) is 0 Å². The van der Waals surface area contributed by atoms with Gasteiger partial charge in [-0.3, -0.25) is 4.79 Å². The van der Waals surface area contributed by atoms with Gasteiger partial charge in [-0.05, 0) is 36.8 Å². The van der Waals surface area contributed by atoms with E-state index in [1.54, 1.807) is 23.9 Å². The number of hydrogen-bond acceptors (Lipinski definition) is 5. The average Bonchev–Trinajstić information content (AvgIpc) is 3.12. The van der Waals surface area contributed by atoms with E-state index in [1.165, 1.54) is 4.88 Å². The van der Waals surface area contributed by atoms with Gasteiger partial charge >= 0.3 is 0 Å². The predicted molar refractivity (Wildman–Crippen MR) is 89.3 cm³/mol. The Bertz CT molecular complexity index is 604. The predicted octanol–water partition coefficient (Wildman–Crippen LogP) is 2.33. The number of amides is 1. The second kappa shape index (κ2) is 8.17. The van der Waals surface area contributed by atoms with Crippen LogP contribution in [0.3, 0.4) is 0 Å². The summed E-state index contributed by atoms with van der Waals surface area (Å²) in [6, 6.07) is 6.04. The first-order chi connectivity index (χ1) is 11.3. The average molecular weight is 331 g/mol. The molecule has 1 atom stereocenters. The lowest BCUT2D eigenvalue weighted by Crippen LogP contribution is -2.45. The first kappa shape index (κ1) is 16.1. The van der Waals surface area contributed by atoms with Crippen LogP contribution in [0.5, 0.6) is 0 Å². The number of aryl methyl sites for hydroxylation is 2. The highest BCUT2D eigenvalue weighted by molar-refractivity contribution is 7.09. The van der Waals surface area contributed by atoms with Crippen molar-refractivity contribution in [3.63, 3.8) is 0 Å². The quantitative estimate of drug-likeness (QED) is 0.815. The van der Waals surface area contributed by atoms with Crippen LogP contribution in [0.25, 0.3) is 0 Å². The van der Waals surface area contributed by atoms with Crippen LogP contribution in [0.4, 0.5) is 0 Å². The molecule has 1 unspecified atom stereocenters. The van der Waals surface area contributed by atoms with Crippen LogP contribution in [0.1, 0.15) is 23.4 Å². The van der Waals surface area contributed by atoms with Crippen molar-refractivity contribution in [1.82, 2.24) is 14.9 Å². The summed E-state index contributed by atoms with van der Waals surface area (Å²) in [4.78, 5) is 23.7. The molecule has 1 fully saturated rings. The topological polar surface area (TPSA) is 55.3 Å². The van der Waals surface area contributed by atoms with Gasteiger partial charge in [0.05, 0.1) is 12.7 Å². The van der Waals surface area contributed by atoms with Gasteiger partial charge in [0.2, 0.25) is 5.91 Å². The number of rotatable bonds is 6. The number of nitrogens with zero attached hydrogens (tertiary/aromatic N) is 3. The van der Waals surface area contributed by atoms with E-state index in [9.17, 15) is 4.79 Å². The maximum atomic E-state index is 12.4. The molecule has 3 rings (SSSR count). The third kappa shape index (κ3) is 4.84. The Morgan fingerprint density at radius 1 is 1.39 bits per heavy atom. The summed E-state index contributed by atoms with van der Waals surface area (Å²) in [5.74, 6) is 0.230. The molecule has 23 heavy (non-hydrogen) atoms. The summed E-state index contributed by atoms with van der Waals surface area (Å²) in [5.41, 5.74) is 1.02. The molecule has 0 spiro atoms. The van der Waals surface area contributed by atoms with E-state index < -0.39 is 0 Å². The Labute approximate surface area is 140 Å². The van der Waals surface area contributed by atoms with E-state index in [4.69, 9.17) is 4.74 Å². The lowest BCUT2D eigenvalue weighted by Gasteiger charge is -2.33. The van der Waals surface area contributed by atoms with Crippen molar-refractivity contribution in [2.75, 3.05) is 19.7 Å². The van der Waals surface area contributed by atoms with Crippen molar-refractivity contribution in [2.45, 2.75) is 31.8 Å². The first-order valence-corrected chi connectivity index (χ1v) is 8.86. The summed E-state index contributed by atoms with van der Waals surface area (Å²) >= 11 is 1.71. The number of aromatic nitrogens is 2.